The Morgan fingerprint density at radius 2 is 1.52 bits per heavy atom. The smallest absolute Gasteiger partial charge is 0.303 e. The number of hydrogen-bond acceptors (Lipinski definition) is 3. The maximum absolute atomic E-state index is 12.3. The maximum Gasteiger partial charge on any atom is 0.303 e. The molecule has 2 aromatic rings. The molecule has 1 atom stereocenters. The number of hydrogen-bond donors (Lipinski definition) is 3. The Bertz CT molecular complexity index is 764. The molecule has 6 nitrogen and oxygen atoms in total. The fourth-order valence-electron chi connectivity index (χ4n) is 2.43. The van der Waals surface area contributed by atoms with Crippen LogP contribution in [0.4, 0.5) is 0 Å². The average Bonchev–Trinajstić information content (AvgIpc) is 2.60. The van der Waals surface area contributed by atoms with Crippen LogP contribution in [0.15, 0.2) is 60.7 Å². The Labute approximate surface area is 148 Å². The van der Waals surface area contributed by atoms with Crippen LogP contribution in [-0.4, -0.2) is 25.5 Å². The van der Waals surface area contributed by atoms with Crippen LogP contribution < -0.4 is 9.44 Å². The zero-order chi connectivity index (χ0) is 18.1. The zero-order valence-electron chi connectivity index (χ0n) is 13.8. The van der Waals surface area contributed by atoms with Crippen LogP contribution in [0.3, 0.4) is 0 Å². The van der Waals surface area contributed by atoms with Crippen LogP contribution in [0, 0.1) is 0 Å². The molecule has 134 valence electrons. The summed E-state index contributed by atoms with van der Waals surface area (Å²) in [5.74, 6) is -0.950. The van der Waals surface area contributed by atoms with E-state index in [1.807, 2.05) is 60.7 Å². The molecular formula is C18H22N2O4S. The summed E-state index contributed by atoms with van der Waals surface area (Å²) in [4.78, 5) is 10.8. The lowest BCUT2D eigenvalue weighted by Crippen LogP contribution is -2.43. The fourth-order valence-corrected chi connectivity index (χ4v) is 3.51. The van der Waals surface area contributed by atoms with Crippen molar-refractivity contribution >= 4 is 16.2 Å². The summed E-state index contributed by atoms with van der Waals surface area (Å²) in [5.41, 5.74) is 1.79. The third kappa shape index (κ3) is 7.47. The molecule has 0 heterocycles. The Kier molecular flexibility index (Phi) is 7.12. The van der Waals surface area contributed by atoms with Crippen LogP contribution in [0.1, 0.15) is 24.0 Å². The number of aliphatic carboxylic acids is 1. The van der Waals surface area contributed by atoms with Crippen molar-refractivity contribution in [1.29, 1.82) is 0 Å². The number of rotatable bonds is 10. The van der Waals surface area contributed by atoms with Gasteiger partial charge in [-0.2, -0.15) is 17.9 Å². The first-order valence-corrected chi connectivity index (χ1v) is 9.49. The predicted molar refractivity (Wildman–Crippen MR) is 96.1 cm³/mol. The molecule has 2 rings (SSSR count). The monoisotopic (exact) mass is 362 g/mol. The lowest BCUT2D eigenvalue weighted by atomic mass is 10.0. The van der Waals surface area contributed by atoms with Crippen molar-refractivity contribution in [3.8, 4) is 0 Å². The highest BCUT2D eigenvalue weighted by Gasteiger charge is 2.19. The molecule has 3 N–H and O–H groups in total. The number of carboxylic acids is 1. The van der Waals surface area contributed by atoms with Crippen molar-refractivity contribution in [3.05, 3.63) is 71.8 Å². The van der Waals surface area contributed by atoms with Gasteiger partial charge in [-0.05, 0) is 24.0 Å². The summed E-state index contributed by atoms with van der Waals surface area (Å²) in [6, 6.07) is 18.1. The molecule has 7 heteroatoms. The van der Waals surface area contributed by atoms with E-state index in [0.29, 0.717) is 6.42 Å². The molecule has 0 saturated carbocycles. The summed E-state index contributed by atoms with van der Waals surface area (Å²) < 4.78 is 29.6. The molecule has 0 amide bonds. The highest BCUT2D eigenvalue weighted by Crippen LogP contribution is 2.09. The predicted octanol–water partition coefficient (Wildman–Crippen LogP) is 2.09. The molecule has 0 radical (unpaired) electrons. The summed E-state index contributed by atoms with van der Waals surface area (Å²) in [7, 11) is -3.74. The van der Waals surface area contributed by atoms with Gasteiger partial charge in [0.05, 0.1) is 0 Å². The van der Waals surface area contributed by atoms with Crippen LogP contribution in [0.2, 0.25) is 0 Å². The molecule has 0 aliphatic rings. The lowest BCUT2D eigenvalue weighted by Gasteiger charge is -2.18. The molecule has 1 unspecified atom stereocenters. The molecule has 0 aliphatic carbocycles. The van der Waals surface area contributed by atoms with Crippen LogP contribution in [-0.2, 0) is 28.0 Å². The van der Waals surface area contributed by atoms with Gasteiger partial charge < -0.3 is 5.11 Å². The van der Waals surface area contributed by atoms with Gasteiger partial charge in [0.2, 0.25) is 0 Å². The summed E-state index contributed by atoms with van der Waals surface area (Å²) >= 11 is 0. The fraction of sp³-hybridized carbons (Fsp3) is 0.278. The number of benzene rings is 2. The lowest BCUT2D eigenvalue weighted by molar-refractivity contribution is -0.137. The summed E-state index contributed by atoms with van der Waals surface area (Å²) in [5, 5.41) is 8.89. The van der Waals surface area contributed by atoms with E-state index in [4.69, 9.17) is 5.11 Å². The molecule has 0 aliphatic heterocycles. The molecule has 0 bridgehead atoms. The van der Waals surface area contributed by atoms with Crippen molar-refractivity contribution in [2.45, 2.75) is 31.8 Å². The first kappa shape index (κ1) is 19.1. The van der Waals surface area contributed by atoms with Crippen LogP contribution in [0.5, 0.6) is 0 Å². The normalized spacial score (nSPS) is 12.6. The third-order valence-corrected chi connectivity index (χ3v) is 4.83. The minimum Gasteiger partial charge on any atom is -0.481 e. The topological polar surface area (TPSA) is 95.5 Å². The minimum atomic E-state index is -3.74. The molecule has 25 heavy (non-hydrogen) atoms. The quantitative estimate of drug-likeness (QED) is 0.603. The van der Waals surface area contributed by atoms with E-state index in [9.17, 15) is 13.2 Å². The van der Waals surface area contributed by atoms with E-state index < -0.39 is 22.2 Å². The van der Waals surface area contributed by atoms with E-state index in [-0.39, 0.29) is 19.4 Å². The Hall–Kier alpha value is -2.22. The van der Waals surface area contributed by atoms with Crippen LogP contribution >= 0.6 is 0 Å². The SMILES string of the molecule is O=C(O)CCC(Cc1ccccc1)NS(=O)(=O)NCc1ccccc1. The van der Waals surface area contributed by atoms with E-state index in [0.717, 1.165) is 11.1 Å². The van der Waals surface area contributed by atoms with Crippen molar-refractivity contribution < 1.29 is 18.3 Å². The van der Waals surface area contributed by atoms with E-state index in [1.54, 1.807) is 0 Å². The van der Waals surface area contributed by atoms with E-state index >= 15 is 0 Å². The van der Waals surface area contributed by atoms with Gasteiger partial charge in [0.15, 0.2) is 0 Å². The second kappa shape index (κ2) is 9.31. The number of carbonyl (C=O) groups is 1. The van der Waals surface area contributed by atoms with Crippen molar-refractivity contribution in [3.63, 3.8) is 0 Å². The first-order valence-electron chi connectivity index (χ1n) is 8.01. The van der Waals surface area contributed by atoms with Gasteiger partial charge in [-0.1, -0.05) is 60.7 Å². The number of nitrogens with one attached hydrogen (secondary N) is 2. The minimum absolute atomic E-state index is 0.0985. The second-order valence-electron chi connectivity index (χ2n) is 5.75. The molecule has 0 fully saturated rings. The zero-order valence-corrected chi connectivity index (χ0v) is 14.6. The van der Waals surface area contributed by atoms with Gasteiger partial charge in [0.1, 0.15) is 0 Å². The molecule has 2 aromatic carbocycles. The summed E-state index contributed by atoms with van der Waals surface area (Å²) in [6.45, 7) is 0.174. The maximum atomic E-state index is 12.3. The van der Waals surface area contributed by atoms with Gasteiger partial charge in [0, 0.05) is 19.0 Å². The third-order valence-electron chi connectivity index (χ3n) is 3.66. The number of carboxylic acid groups (broad SMARTS) is 1. The summed E-state index contributed by atoms with van der Waals surface area (Å²) in [6.07, 6.45) is 0.551. The van der Waals surface area contributed by atoms with Gasteiger partial charge in [-0.3, -0.25) is 4.79 Å². The average molecular weight is 362 g/mol. The molecular weight excluding hydrogens is 340 g/mol. The van der Waals surface area contributed by atoms with E-state index in [1.165, 1.54) is 0 Å². The van der Waals surface area contributed by atoms with Gasteiger partial charge in [-0.15, -0.1) is 0 Å². The van der Waals surface area contributed by atoms with Gasteiger partial charge in [-0.25, -0.2) is 0 Å². The molecule has 0 saturated heterocycles. The van der Waals surface area contributed by atoms with Crippen molar-refractivity contribution in [1.82, 2.24) is 9.44 Å². The van der Waals surface area contributed by atoms with Gasteiger partial charge in [0.25, 0.3) is 10.2 Å². The molecule has 0 aromatic heterocycles. The van der Waals surface area contributed by atoms with Gasteiger partial charge >= 0.3 is 5.97 Å². The Morgan fingerprint density at radius 3 is 2.08 bits per heavy atom. The van der Waals surface area contributed by atoms with Crippen LogP contribution in [0.25, 0.3) is 0 Å². The first-order chi connectivity index (χ1) is 11.9. The standard InChI is InChI=1S/C18H22N2O4S/c21-18(22)12-11-17(13-15-7-3-1-4-8-15)20-25(23,24)19-14-16-9-5-2-6-10-16/h1-10,17,19-20H,11-14H2,(H,21,22). The Morgan fingerprint density at radius 1 is 0.960 bits per heavy atom. The highest BCUT2D eigenvalue weighted by molar-refractivity contribution is 7.87. The van der Waals surface area contributed by atoms with Crippen molar-refractivity contribution in [2.75, 3.05) is 0 Å². The Balaban J connectivity index is 1.99. The second-order valence-corrected chi connectivity index (χ2v) is 7.28. The molecule has 0 spiro atoms. The van der Waals surface area contributed by atoms with E-state index in [2.05, 4.69) is 9.44 Å². The van der Waals surface area contributed by atoms with Crippen molar-refractivity contribution in [2.24, 2.45) is 0 Å². The highest BCUT2D eigenvalue weighted by atomic mass is 32.2. The largest absolute Gasteiger partial charge is 0.481 e.